The minimum absolute atomic E-state index is 0.185. The first kappa shape index (κ1) is 18.5. The maximum absolute atomic E-state index is 13.7. The first-order valence-electron chi connectivity index (χ1n) is 8.52. The van der Waals surface area contributed by atoms with Crippen LogP contribution in [0.1, 0.15) is 35.7 Å². The molecule has 0 unspecified atom stereocenters. The number of carbonyl (C=O) groups excluding carboxylic acids is 1. The van der Waals surface area contributed by atoms with Crippen molar-refractivity contribution in [3.05, 3.63) is 83.7 Å². The number of halogens is 2. The third-order valence-electron chi connectivity index (χ3n) is 4.06. The summed E-state index contributed by atoms with van der Waals surface area (Å²) in [6.07, 6.45) is 2.92. The Hall–Kier alpha value is -3.28. The maximum atomic E-state index is 13.7. The van der Waals surface area contributed by atoms with Crippen LogP contribution in [0.2, 0.25) is 0 Å². The normalized spacial score (nSPS) is 10.7. The molecule has 0 saturated heterocycles. The molecule has 1 aromatic heterocycles. The van der Waals surface area contributed by atoms with Crippen LogP contribution in [0.4, 0.5) is 25.8 Å². The molecule has 0 atom stereocenters. The van der Waals surface area contributed by atoms with Gasteiger partial charge in [0.2, 0.25) is 0 Å². The molecular weight excluding hydrogens is 348 g/mol. The lowest BCUT2D eigenvalue weighted by molar-refractivity contribution is 0.102. The van der Waals surface area contributed by atoms with Crippen LogP contribution in [0.15, 0.2) is 60.9 Å². The van der Waals surface area contributed by atoms with Crippen molar-refractivity contribution in [2.75, 3.05) is 10.6 Å². The molecule has 4 nitrogen and oxygen atoms in total. The van der Waals surface area contributed by atoms with Crippen molar-refractivity contribution in [1.82, 2.24) is 4.98 Å². The third-order valence-corrected chi connectivity index (χ3v) is 4.06. The molecule has 1 amide bonds. The number of hydrogen-bond donors (Lipinski definition) is 2. The molecular formula is C21H19F2N3O. The lowest BCUT2D eigenvalue weighted by Gasteiger charge is -2.15. The minimum Gasteiger partial charge on any atom is -0.354 e. The van der Waals surface area contributed by atoms with Crippen molar-refractivity contribution < 1.29 is 13.6 Å². The van der Waals surface area contributed by atoms with E-state index in [2.05, 4.69) is 29.5 Å². The van der Waals surface area contributed by atoms with Crippen LogP contribution in [-0.2, 0) is 0 Å². The topological polar surface area (TPSA) is 54.0 Å². The summed E-state index contributed by atoms with van der Waals surface area (Å²) in [5.41, 5.74) is 2.34. The van der Waals surface area contributed by atoms with E-state index < -0.39 is 23.2 Å². The summed E-state index contributed by atoms with van der Waals surface area (Å²) < 4.78 is 27.5. The summed E-state index contributed by atoms with van der Waals surface area (Å²) in [5.74, 6) is -2.00. The Bertz CT molecular complexity index is 953. The monoisotopic (exact) mass is 367 g/mol. The molecule has 2 aromatic carbocycles. The number of nitrogens with zero attached hydrogens (tertiary/aromatic N) is 1. The van der Waals surface area contributed by atoms with Gasteiger partial charge in [0.15, 0.2) is 0 Å². The van der Waals surface area contributed by atoms with Crippen LogP contribution < -0.4 is 10.6 Å². The molecule has 6 heteroatoms. The summed E-state index contributed by atoms with van der Waals surface area (Å²) >= 11 is 0. The molecule has 0 saturated carbocycles. The Morgan fingerprint density at radius 3 is 2.41 bits per heavy atom. The van der Waals surface area contributed by atoms with Gasteiger partial charge in [0.25, 0.3) is 5.91 Å². The summed E-state index contributed by atoms with van der Waals surface area (Å²) in [4.78, 5) is 16.4. The SMILES string of the molecule is CC(C)c1ccccc1Nc1cncc(C(=O)Nc2c(F)cccc2F)c1. The molecule has 138 valence electrons. The highest BCUT2D eigenvalue weighted by atomic mass is 19.1. The van der Waals surface area contributed by atoms with E-state index in [1.807, 2.05) is 24.3 Å². The maximum Gasteiger partial charge on any atom is 0.257 e. The molecule has 0 aliphatic heterocycles. The van der Waals surface area contributed by atoms with E-state index in [1.165, 1.54) is 12.3 Å². The van der Waals surface area contributed by atoms with Crippen LogP contribution in [0, 0.1) is 11.6 Å². The van der Waals surface area contributed by atoms with Crippen molar-refractivity contribution in [1.29, 1.82) is 0 Å². The van der Waals surface area contributed by atoms with Crippen molar-refractivity contribution in [2.45, 2.75) is 19.8 Å². The van der Waals surface area contributed by atoms with Gasteiger partial charge in [-0.15, -0.1) is 0 Å². The molecule has 0 aliphatic rings. The first-order chi connectivity index (χ1) is 13.0. The molecule has 1 heterocycles. The van der Waals surface area contributed by atoms with E-state index in [0.717, 1.165) is 23.4 Å². The zero-order valence-electron chi connectivity index (χ0n) is 15.0. The largest absolute Gasteiger partial charge is 0.354 e. The van der Waals surface area contributed by atoms with Gasteiger partial charge in [0.05, 0.1) is 17.4 Å². The van der Waals surface area contributed by atoms with Crippen LogP contribution in [0.3, 0.4) is 0 Å². The van der Waals surface area contributed by atoms with Gasteiger partial charge in [-0.05, 0) is 35.7 Å². The van der Waals surface area contributed by atoms with Gasteiger partial charge in [0, 0.05) is 11.9 Å². The van der Waals surface area contributed by atoms with E-state index in [4.69, 9.17) is 0 Å². The fourth-order valence-corrected chi connectivity index (χ4v) is 2.71. The highest BCUT2D eigenvalue weighted by molar-refractivity contribution is 6.04. The molecule has 0 fully saturated rings. The number of nitrogens with one attached hydrogen (secondary N) is 2. The Kier molecular flexibility index (Phi) is 5.45. The second kappa shape index (κ2) is 7.95. The smallest absolute Gasteiger partial charge is 0.257 e. The van der Waals surface area contributed by atoms with E-state index in [-0.39, 0.29) is 5.56 Å². The third kappa shape index (κ3) is 4.28. The number of benzene rings is 2. The fraction of sp³-hybridized carbons (Fsp3) is 0.143. The van der Waals surface area contributed by atoms with Crippen LogP contribution in [0.25, 0.3) is 0 Å². The van der Waals surface area contributed by atoms with Gasteiger partial charge in [-0.2, -0.15) is 0 Å². The van der Waals surface area contributed by atoms with Gasteiger partial charge in [-0.3, -0.25) is 9.78 Å². The van der Waals surface area contributed by atoms with Crippen LogP contribution >= 0.6 is 0 Å². The molecule has 0 radical (unpaired) electrons. The molecule has 0 aliphatic carbocycles. The number of hydrogen-bond acceptors (Lipinski definition) is 3. The van der Waals surface area contributed by atoms with E-state index >= 15 is 0 Å². The Labute approximate surface area is 156 Å². The Balaban J connectivity index is 1.83. The van der Waals surface area contributed by atoms with Crippen molar-refractivity contribution >= 4 is 23.0 Å². The summed E-state index contributed by atoms with van der Waals surface area (Å²) in [6, 6.07) is 12.8. The summed E-state index contributed by atoms with van der Waals surface area (Å²) in [7, 11) is 0. The number of rotatable bonds is 5. The second-order valence-corrected chi connectivity index (χ2v) is 6.38. The molecule has 3 aromatic rings. The highest BCUT2D eigenvalue weighted by Crippen LogP contribution is 2.27. The van der Waals surface area contributed by atoms with Crippen LogP contribution in [0.5, 0.6) is 0 Å². The Morgan fingerprint density at radius 2 is 1.70 bits per heavy atom. The summed E-state index contributed by atoms with van der Waals surface area (Å²) in [5, 5.41) is 5.50. The highest BCUT2D eigenvalue weighted by Gasteiger charge is 2.14. The van der Waals surface area contributed by atoms with Gasteiger partial charge in [0.1, 0.15) is 17.3 Å². The quantitative estimate of drug-likeness (QED) is 0.628. The molecule has 3 rings (SSSR count). The van der Waals surface area contributed by atoms with Crippen molar-refractivity contribution in [2.24, 2.45) is 0 Å². The number of pyridine rings is 1. The molecule has 27 heavy (non-hydrogen) atoms. The number of amides is 1. The Morgan fingerprint density at radius 1 is 1.00 bits per heavy atom. The predicted octanol–water partition coefficient (Wildman–Crippen LogP) is 5.48. The minimum atomic E-state index is -0.837. The summed E-state index contributed by atoms with van der Waals surface area (Å²) in [6.45, 7) is 4.18. The fourth-order valence-electron chi connectivity index (χ4n) is 2.71. The van der Waals surface area contributed by atoms with Crippen LogP contribution in [-0.4, -0.2) is 10.9 Å². The van der Waals surface area contributed by atoms with Gasteiger partial charge in [-0.1, -0.05) is 38.1 Å². The standard InChI is InChI=1S/C21H19F2N3O/c1-13(2)16-6-3-4-9-19(16)25-15-10-14(11-24-12-15)21(27)26-20-17(22)7-5-8-18(20)23/h3-13,25H,1-2H3,(H,26,27). The lowest BCUT2D eigenvalue weighted by Crippen LogP contribution is -2.15. The molecule has 2 N–H and O–H groups in total. The molecule has 0 bridgehead atoms. The average Bonchev–Trinajstić information content (AvgIpc) is 2.65. The number of aromatic nitrogens is 1. The van der Waals surface area contributed by atoms with Crippen molar-refractivity contribution in [3.63, 3.8) is 0 Å². The predicted molar refractivity (Wildman–Crippen MR) is 102 cm³/mol. The second-order valence-electron chi connectivity index (χ2n) is 6.38. The lowest BCUT2D eigenvalue weighted by atomic mass is 10.0. The zero-order chi connectivity index (χ0) is 19.4. The number of carbonyl (C=O) groups is 1. The van der Waals surface area contributed by atoms with Crippen molar-refractivity contribution in [3.8, 4) is 0 Å². The first-order valence-corrected chi connectivity index (χ1v) is 8.52. The molecule has 0 spiro atoms. The van der Waals surface area contributed by atoms with E-state index in [9.17, 15) is 13.6 Å². The van der Waals surface area contributed by atoms with E-state index in [0.29, 0.717) is 11.6 Å². The average molecular weight is 367 g/mol. The van der Waals surface area contributed by atoms with Gasteiger partial charge in [-0.25, -0.2) is 8.78 Å². The van der Waals surface area contributed by atoms with Gasteiger partial charge >= 0.3 is 0 Å². The number of para-hydroxylation sites is 2. The number of anilines is 3. The zero-order valence-corrected chi connectivity index (χ0v) is 15.0. The van der Waals surface area contributed by atoms with Gasteiger partial charge < -0.3 is 10.6 Å². The van der Waals surface area contributed by atoms with E-state index in [1.54, 1.807) is 12.3 Å².